The molecule has 1 saturated carbocycles. The van der Waals surface area contributed by atoms with Gasteiger partial charge in [0, 0.05) is 36.0 Å². The number of amides is 2. The number of carbonyl (C=O) groups excluding carboxylic acids is 2. The lowest BCUT2D eigenvalue weighted by molar-refractivity contribution is -0.114. The number of benzene rings is 2. The molecule has 0 aliphatic heterocycles. The number of carbonyl (C=O) groups is 2. The molecule has 0 radical (unpaired) electrons. The number of anilines is 1. The zero-order valence-corrected chi connectivity index (χ0v) is 23.1. The lowest BCUT2D eigenvalue weighted by Crippen LogP contribution is -2.26. The Kier molecular flexibility index (Phi) is 8.65. The highest BCUT2D eigenvalue weighted by molar-refractivity contribution is 5.93. The summed E-state index contributed by atoms with van der Waals surface area (Å²) in [5.41, 5.74) is 5.78. The second kappa shape index (κ2) is 12.3. The molecule has 0 atom stereocenters. The molecule has 1 fully saturated rings. The minimum atomic E-state index is -0.360. The SMILES string of the molecule is CC(=O)Nc1ccc(C)c(-c2cncc(-c3ccnc(C(=O)NC4CC4)c3)n2)c1.CC(C)(C#N)c1ccccc1. The van der Waals surface area contributed by atoms with E-state index in [0.717, 1.165) is 35.1 Å². The predicted molar refractivity (Wildman–Crippen MR) is 155 cm³/mol. The van der Waals surface area contributed by atoms with E-state index in [-0.39, 0.29) is 23.3 Å². The van der Waals surface area contributed by atoms with Crippen LogP contribution in [0.15, 0.2) is 79.3 Å². The van der Waals surface area contributed by atoms with E-state index in [1.807, 2.05) is 75.4 Å². The van der Waals surface area contributed by atoms with Gasteiger partial charge in [-0.2, -0.15) is 5.26 Å². The van der Waals surface area contributed by atoms with E-state index in [2.05, 4.69) is 26.7 Å². The highest BCUT2D eigenvalue weighted by atomic mass is 16.2. The highest BCUT2D eigenvalue weighted by Gasteiger charge is 2.24. The minimum Gasteiger partial charge on any atom is -0.348 e. The number of aromatic nitrogens is 3. The lowest BCUT2D eigenvalue weighted by atomic mass is 9.87. The van der Waals surface area contributed by atoms with Gasteiger partial charge in [-0.25, -0.2) is 4.98 Å². The van der Waals surface area contributed by atoms with Gasteiger partial charge in [0.15, 0.2) is 0 Å². The van der Waals surface area contributed by atoms with Crippen molar-refractivity contribution in [1.29, 1.82) is 5.26 Å². The van der Waals surface area contributed by atoms with Crippen LogP contribution in [0.5, 0.6) is 0 Å². The van der Waals surface area contributed by atoms with Crippen LogP contribution in [0.3, 0.4) is 0 Å². The first-order valence-electron chi connectivity index (χ1n) is 13.1. The van der Waals surface area contributed by atoms with Gasteiger partial charge in [0.1, 0.15) is 5.69 Å². The second-order valence-electron chi connectivity index (χ2n) is 10.3. The normalized spacial score (nSPS) is 12.4. The highest BCUT2D eigenvalue weighted by Crippen LogP contribution is 2.27. The molecule has 2 N–H and O–H groups in total. The molecule has 2 amide bonds. The number of hydrogen-bond donors (Lipinski definition) is 2. The van der Waals surface area contributed by atoms with Gasteiger partial charge in [-0.15, -0.1) is 0 Å². The maximum atomic E-state index is 12.3. The molecule has 2 heterocycles. The second-order valence-corrected chi connectivity index (χ2v) is 10.3. The summed E-state index contributed by atoms with van der Waals surface area (Å²) in [5.74, 6) is -0.300. The molecule has 0 bridgehead atoms. The van der Waals surface area contributed by atoms with Crippen LogP contribution in [0.2, 0.25) is 0 Å². The van der Waals surface area contributed by atoms with Crippen molar-refractivity contribution in [2.75, 3.05) is 5.32 Å². The molecule has 202 valence electrons. The molecule has 8 heteroatoms. The van der Waals surface area contributed by atoms with E-state index in [1.54, 1.807) is 24.7 Å². The first kappa shape index (κ1) is 28.1. The first-order chi connectivity index (χ1) is 19.2. The largest absolute Gasteiger partial charge is 0.348 e. The number of pyridine rings is 1. The Morgan fingerprint density at radius 3 is 2.40 bits per heavy atom. The van der Waals surface area contributed by atoms with E-state index in [1.165, 1.54) is 6.92 Å². The standard InChI is InChI=1S/C22H21N5O2.C10H11N/c1-13-3-4-17(25-14(2)28)10-18(13)21-12-23-11-20(27-21)15-7-8-24-19(9-15)22(29)26-16-5-6-16;1-10(2,8-11)9-6-4-3-5-7-9/h3-4,7-12,16H,5-6H2,1-2H3,(H,25,28)(H,26,29);3-7H,1-2H3. The molecular weight excluding hydrogens is 500 g/mol. The average Bonchev–Trinajstić information content (AvgIpc) is 3.79. The van der Waals surface area contributed by atoms with Crippen molar-refractivity contribution in [3.05, 3.63) is 96.1 Å². The fourth-order valence-corrected chi connectivity index (χ4v) is 3.93. The Bertz CT molecular complexity index is 1560. The molecule has 1 aliphatic carbocycles. The van der Waals surface area contributed by atoms with Gasteiger partial charge >= 0.3 is 0 Å². The number of rotatable bonds is 6. The number of aryl methyl sites for hydroxylation is 1. The van der Waals surface area contributed by atoms with Gasteiger partial charge in [-0.05, 0) is 69.0 Å². The van der Waals surface area contributed by atoms with Crippen molar-refractivity contribution in [3.63, 3.8) is 0 Å². The van der Waals surface area contributed by atoms with Crippen LogP contribution in [0.4, 0.5) is 5.69 Å². The number of nitrogens with one attached hydrogen (secondary N) is 2. The molecule has 5 rings (SSSR count). The third-order valence-corrected chi connectivity index (χ3v) is 6.44. The zero-order valence-electron chi connectivity index (χ0n) is 23.1. The molecule has 40 heavy (non-hydrogen) atoms. The average molecular weight is 533 g/mol. The molecule has 0 unspecified atom stereocenters. The molecular formula is C32H32N6O2. The topological polar surface area (TPSA) is 121 Å². The number of hydrogen-bond acceptors (Lipinski definition) is 6. The van der Waals surface area contributed by atoms with Crippen molar-refractivity contribution in [2.45, 2.75) is 52.0 Å². The van der Waals surface area contributed by atoms with Gasteiger partial charge in [0.25, 0.3) is 5.91 Å². The van der Waals surface area contributed by atoms with Gasteiger partial charge in [0.05, 0.1) is 35.3 Å². The summed E-state index contributed by atoms with van der Waals surface area (Å²) in [6.45, 7) is 7.29. The fourth-order valence-electron chi connectivity index (χ4n) is 3.93. The summed E-state index contributed by atoms with van der Waals surface area (Å²) >= 11 is 0. The van der Waals surface area contributed by atoms with E-state index in [0.29, 0.717) is 22.8 Å². The van der Waals surface area contributed by atoms with Crippen LogP contribution in [-0.4, -0.2) is 32.8 Å². The minimum absolute atomic E-state index is 0.131. The van der Waals surface area contributed by atoms with Crippen molar-refractivity contribution >= 4 is 17.5 Å². The Morgan fingerprint density at radius 2 is 1.73 bits per heavy atom. The third kappa shape index (κ3) is 7.35. The molecule has 0 spiro atoms. The third-order valence-electron chi connectivity index (χ3n) is 6.44. The summed E-state index contributed by atoms with van der Waals surface area (Å²) < 4.78 is 0. The number of nitriles is 1. The van der Waals surface area contributed by atoms with E-state index < -0.39 is 0 Å². The zero-order chi connectivity index (χ0) is 28.7. The maximum absolute atomic E-state index is 12.3. The summed E-state index contributed by atoms with van der Waals surface area (Å²) in [4.78, 5) is 36.9. The van der Waals surface area contributed by atoms with E-state index in [4.69, 9.17) is 10.2 Å². The number of nitrogens with zero attached hydrogens (tertiary/aromatic N) is 4. The first-order valence-corrected chi connectivity index (χ1v) is 13.1. The quantitative estimate of drug-likeness (QED) is 0.321. The van der Waals surface area contributed by atoms with Crippen LogP contribution < -0.4 is 10.6 Å². The van der Waals surface area contributed by atoms with Crippen molar-refractivity contribution in [2.24, 2.45) is 0 Å². The Morgan fingerprint density at radius 1 is 1.00 bits per heavy atom. The van der Waals surface area contributed by atoms with Crippen LogP contribution >= 0.6 is 0 Å². The van der Waals surface area contributed by atoms with Gasteiger partial charge < -0.3 is 10.6 Å². The molecule has 8 nitrogen and oxygen atoms in total. The monoisotopic (exact) mass is 532 g/mol. The Hall–Kier alpha value is -4.90. The summed E-state index contributed by atoms with van der Waals surface area (Å²) in [7, 11) is 0. The van der Waals surface area contributed by atoms with Crippen LogP contribution in [0, 0.1) is 18.3 Å². The molecule has 1 aliphatic rings. The van der Waals surface area contributed by atoms with Crippen LogP contribution in [0.25, 0.3) is 22.5 Å². The van der Waals surface area contributed by atoms with E-state index in [9.17, 15) is 9.59 Å². The maximum Gasteiger partial charge on any atom is 0.270 e. The molecule has 2 aromatic carbocycles. The smallest absolute Gasteiger partial charge is 0.270 e. The van der Waals surface area contributed by atoms with Crippen LogP contribution in [0.1, 0.15) is 55.2 Å². The van der Waals surface area contributed by atoms with Gasteiger partial charge in [-0.3, -0.25) is 19.6 Å². The van der Waals surface area contributed by atoms with Crippen molar-refractivity contribution in [1.82, 2.24) is 20.3 Å². The summed E-state index contributed by atoms with van der Waals surface area (Å²) in [6, 6.07) is 21.5. The lowest BCUT2D eigenvalue weighted by Gasteiger charge is -2.14. The Labute approximate surface area is 234 Å². The van der Waals surface area contributed by atoms with Crippen molar-refractivity contribution in [3.8, 4) is 28.6 Å². The Balaban J connectivity index is 0.000000283. The predicted octanol–water partition coefficient (Wildman–Crippen LogP) is 5.85. The van der Waals surface area contributed by atoms with Crippen LogP contribution in [-0.2, 0) is 10.2 Å². The van der Waals surface area contributed by atoms with E-state index >= 15 is 0 Å². The summed E-state index contributed by atoms with van der Waals surface area (Å²) in [5, 5.41) is 14.5. The molecule has 4 aromatic rings. The van der Waals surface area contributed by atoms with Gasteiger partial charge in [-0.1, -0.05) is 36.4 Å². The molecule has 2 aromatic heterocycles. The summed E-state index contributed by atoms with van der Waals surface area (Å²) in [6.07, 6.45) is 7.00. The van der Waals surface area contributed by atoms with Crippen molar-refractivity contribution < 1.29 is 9.59 Å². The molecule has 0 saturated heterocycles. The fraction of sp³-hybridized carbons (Fsp3) is 0.250. The van der Waals surface area contributed by atoms with Gasteiger partial charge in [0.2, 0.25) is 5.91 Å².